The molecule has 0 amide bonds. The summed E-state index contributed by atoms with van der Waals surface area (Å²) in [4.78, 5) is 13.4. The molecule has 5 atom stereocenters. The predicted octanol–water partition coefficient (Wildman–Crippen LogP) is 4.71. The molecule has 1 fully saturated rings. The maximum Gasteiger partial charge on any atom is 0.312 e. The van der Waals surface area contributed by atoms with Crippen molar-refractivity contribution in [1.29, 1.82) is 0 Å². The first-order chi connectivity index (χ1) is 20.4. The second kappa shape index (κ2) is 10.7. The lowest BCUT2D eigenvalue weighted by atomic mass is 9.70. The molecule has 0 radical (unpaired) electrons. The molecule has 4 aromatic carbocycles. The fourth-order valence-corrected chi connectivity index (χ4v) is 6.60. The van der Waals surface area contributed by atoms with Crippen molar-refractivity contribution in [2.24, 2.45) is 5.92 Å². The van der Waals surface area contributed by atoms with Gasteiger partial charge in [-0.25, -0.2) is 0 Å². The maximum atomic E-state index is 13.4. The van der Waals surface area contributed by atoms with E-state index in [-0.39, 0.29) is 17.1 Å². The molecule has 2 aliphatic rings. The van der Waals surface area contributed by atoms with E-state index in [0.29, 0.717) is 29.2 Å². The van der Waals surface area contributed by atoms with Crippen molar-refractivity contribution in [2.45, 2.75) is 29.8 Å². The van der Waals surface area contributed by atoms with Crippen molar-refractivity contribution < 1.29 is 38.7 Å². The number of aliphatic hydroxyl groups excluding tert-OH is 1. The van der Waals surface area contributed by atoms with Crippen LogP contribution in [0.3, 0.4) is 0 Å². The van der Waals surface area contributed by atoms with Crippen LogP contribution >= 0.6 is 0 Å². The van der Waals surface area contributed by atoms with Crippen molar-refractivity contribution >= 4 is 5.97 Å². The van der Waals surface area contributed by atoms with Crippen LogP contribution in [0, 0.1) is 5.92 Å². The normalized spacial score (nSPS) is 25.6. The number of carbonyl (C=O) groups excluding carboxylic acids is 1. The number of methoxy groups -OCH3 is 3. The summed E-state index contributed by atoms with van der Waals surface area (Å²) in [5.74, 6) is -1.10. The van der Waals surface area contributed by atoms with Crippen LogP contribution in [-0.4, -0.2) is 43.6 Å². The molecule has 0 saturated heterocycles. The molecule has 1 aliphatic heterocycles. The summed E-state index contributed by atoms with van der Waals surface area (Å²) >= 11 is 0. The highest BCUT2D eigenvalue weighted by molar-refractivity contribution is 5.78. The SMILES string of the molecule is COC(=O)[C@@H]1[C@@H](O)[C@@]2(O)c3c(OC)cc(OC)cc3OC2(c2ccc(OCc3ccccc3)cc2)[C@H]1c1ccccc1. The van der Waals surface area contributed by atoms with Crippen molar-refractivity contribution in [3.8, 4) is 23.0 Å². The minimum Gasteiger partial charge on any atom is -0.496 e. The Morgan fingerprint density at radius 3 is 2.14 bits per heavy atom. The second-order valence-corrected chi connectivity index (χ2v) is 10.5. The van der Waals surface area contributed by atoms with Gasteiger partial charge in [0.2, 0.25) is 0 Å². The number of aliphatic hydroxyl groups is 2. The number of hydrogen-bond donors (Lipinski definition) is 2. The van der Waals surface area contributed by atoms with Crippen LogP contribution in [0.25, 0.3) is 0 Å². The number of hydrogen-bond acceptors (Lipinski definition) is 8. The summed E-state index contributed by atoms with van der Waals surface area (Å²) in [7, 11) is 4.25. The number of esters is 1. The Balaban J connectivity index is 1.55. The Kier molecular flexibility index (Phi) is 7.04. The summed E-state index contributed by atoms with van der Waals surface area (Å²) < 4.78 is 29.2. The van der Waals surface area contributed by atoms with E-state index in [1.54, 1.807) is 36.4 Å². The third-order valence-electron chi connectivity index (χ3n) is 8.44. The average Bonchev–Trinajstić information content (AvgIpc) is 3.42. The summed E-state index contributed by atoms with van der Waals surface area (Å²) in [5.41, 5.74) is -1.30. The molecule has 1 aliphatic carbocycles. The molecule has 8 heteroatoms. The molecular formula is C34H32O8. The Morgan fingerprint density at radius 2 is 1.52 bits per heavy atom. The topological polar surface area (TPSA) is 104 Å². The van der Waals surface area contributed by atoms with Gasteiger partial charge >= 0.3 is 5.97 Å². The summed E-state index contributed by atoms with van der Waals surface area (Å²) in [6.45, 7) is 0.379. The number of rotatable bonds is 8. The van der Waals surface area contributed by atoms with Crippen LogP contribution in [0.15, 0.2) is 97.1 Å². The van der Waals surface area contributed by atoms with E-state index < -0.39 is 35.1 Å². The van der Waals surface area contributed by atoms with Gasteiger partial charge in [0, 0.05) is 18.1 Å². The van der Waals surface area contributed by atoms with Gasteiger partial charge in [-0.3, -0.25) is 4.79 Å². The van der Waals surface area contributed by atoms with Crippen LogP contribution in [0.1, 0.15) is 28.2 Å². The standard InChI is InChI=1S/C34H32O8/c1-38-25-18-26(39-2)30-27(19-25)42-34(23-14-16-24(17-15-23)41-20-21-10-6-4-7-11-21)29(22-12-8-5-9-13-22)28(32(36)40-3)31(35)33(30,34)37/h4-19,28-29,31,35,37H,20H2,1-3H3/t28-,29-,31+,33-,34?/m0/s1. The van der Waals surface area contributed by atoms with Crippen LogP contribution < -0.4 is 18.9 Å². The molecule has 0 spiro atoms. The molecule has 8 nitrogen and oxygen atoms in total. The van der Waals surface area contributed by atoms with E-state index in [1.165, 1.54) is 21.3 Å². The first kappa shape index (κ1) is 27.6. The van der Waals surface area contributed by atoms with E-state index in [0.717, 1.165) is 5.56 Å². The minimum atomic E-state index is -2.12. The van der Waals surface area contributed by atoms with E-state index in [2.05, 4.69) is 0 Å². The van der Waals surface area contributed by atoms with Gasteiger partial charge in [-0.05, 0) is 28.8 Å². The van der Waals surface area contributed by atoms with Crippen LogP contribution in [0.5, 0.6) is 23.0 Å². The van der Waals surface area contributed by atoms with Gasteiger partial charge in [0.15, 0.2) is 11.2 Å². The minimum absolute atomic E-state index is 0.232. The van der Waals surface area contributed by atoms with E-state index >= 15 is 0 Å². The third kappa shape index (κ3) is 4.01. The zero-order valence-electron chi connectivity index (χ0n) is 23.5. The summed E-state index contributed by atoms with van der Waals surface area (Å²) in [6.07, 6.45) is -1.62. The Hall–Kier alpha value is -4.53. The Labute approximate surface area is 244 Å². The third-order valence-corrected chi connectivity index (χ3v) is 8.44. The molecule has 42 heavy (non-hydrogen) atoms. The molecule has 1 saturated carbocycles. The molecule has 2 N–H and O–H groups in total. The first-order valence-corrected chi connectivity index (χ1v) is 13.6. The van der Waals surface area contributed by atoms with Crippen LogP contribution in [0.4, 0.5) is 0 Å². The smallest absolute Gasteiger partial charge is 0.312 e. The van der Waals surface area contributed by atoms with Gasteiger partial charge < -0.3 is 33.9 Å². The van der Waals surface area contributed by atoms with E-state index in [4.69, 9.17) is 23.7 Å². The lowest BCUT2D eigenvalue weighted by Crippen LogP contribution is -2.52. The molecule has 1 heterocycles. The number of ether oxygens (including phenoxy) is 5. The molecule has 1 unspecified atom stereocenters. The van der Waals surface area contributed by atoms with Crippen molar-refractivity contribution in [2.75, 3.05) is 21.3 Å². The molecular weight excluding hydrogens is 536 g/mol. The number of benzene rings is 4. The fourth-order valence-electron chi connectivity index (χ4n) is 6.60. The Bertz CT molecular complexity index is 1570. The quantitative estimate of drug-likeness (QED) is 0.295. The predicted molar refractivity (Wildman–Crippen MR) is 154 cm³/mol. The molecule has 0 aromatic heterocycles. The van der Waals surface area contributed by atoms with Gasteiger partial charge in [-0.1, -0.05) is 72.8 Å². The van der Waals surface area contributed by atoms with Crippen molar-refractivity contribution in [3.05, 3.63) is 119 Å². The Morgan fingerprint density at radius 1 is 0.857 bits per heavy atom. The zero-order valence-corrected chi connectivity index (χ0v) is 23.5. The van der Waals surface area contributed by atoms with Gasteiger partial charge in [-0.2, -0.15) is 0 Å². The van der Waals surface area contributed by atoms with E-state index in [9.17, 15) is 15.0 Å². The summed E-state index contributed by atoms with van der Waals surface area (Å²) in [6, 6.07) is 29.5. The number of carbonyl (C=O) groups is 1. The van der Waals surface area contributed by atoms with E-state index in [1.807, 2.05) is 60.7 Å². The first-order valence-electron chi connectivity index (χ1n) is 13.6. The lowest BCUT2D eigenvalue weighted by molar-refractivity contribution is -0.161. The zero-order chi connectivity index (χ0) is 29.5. The highest BCUT2D eigenvalue weighted by Crippen LogP contribution is 2.70. The highest BCUT2D eigenvalue weighted by Gasteiger charge is 2.78. The van der Waals surface area contributed by atoms with Crippen LogP contribution in [-0.2, 0) is 27.3 Å². The molecule has 4 aromatic rings. The number of fused-ring (bicyclic) bond motifs is 3. The average molecular weight is 569 g/mol. The van der Waals surface area contributed by atoms with Crippen LogP contribution in [0.2, 0.25) is 0 Å². The molecule has 216 valence electrons. The lowest BCUT2D eigenvalue weighted by Gasteiger charge is -2.40. The van der Waals surface area contributed by atoms with Crippen molar-refractivity contribution in [1.82, 2.24) is 0 Å². The van der Waals surface area contributed by atoms with Gasteiger partial charge in [0.05, 0.1) is 32.8 Å². The fraction of sp³-hybridized carbons (Fsp3) is 0.265. The highest BCUT2D eigenvalue weighted by atomic mass is 16.6. The van der Waals surface area contributed by atoms with Gasteiger partial charge in [-0.15, -0.1) is 0 Å². The molecule has 6 rings (SSSR count). The van der Waals surface area contributed by atoms with Crippen molar-refractivity contribution in [3.63, 3.8) is 0 Å². The largest absolute Gasteiger partial charge is 0.496 e. The molecule has 0 bridgehead atoms. The summed E-state index contributed by atoms with van der Waals surface area (Å²) in [5, 5.41) is 24.9. The van der Waals surface area contributed by atoms with Gasteiger partial charge in [0.25, 0.3) is 0 Å². The monoisotopic (exact) mass is 568 g/mol. The van der Waals surface area contributed by atoms with Gasteiger partial charge in [0.1, 0.15) is 35.7 Å². The second-order valence-electron chi connectivity index (χ2n) is 10.5. The maximum absolute atomic E-state index is 13.4.